The van der Waals surface area contributed by atoms with Crippen LogP contribution in [0.3, 0.4) is 0 Å². The number of nitrogens with one attached hydrogen (secondary N) is 1. The molecular weight excluding hydrogens is 573 g/mol. The number of fused-ring (bicyclic) bond motifs is 3. The lowest BCUT2D eigenvalue weighted by Gasteiger charge is -2.25. The molecule has 47 heavy (non-hydrogen) atoms. The number of rotatable bonds is 18. The van der Waals surface area contributed by atoms with Gasteiger partial charge in [-0.05, 0) is 132 Å². The molecule has 0 fully saturated rings. The van der Waals surface area contributed by atoms with Crippen molar-refractivity contribution in [1.29, 1.82) is 0 Å². The van der Waals surface area contributed by atoms with E-state index in [1.165, 1.54) is 61.8 Å². The third-order valence-corrected chi connectivity index (χ3v) is 9.29. The van der Waals surface area contributed by atoms with Gasteiger partial charge in [-0.2, -0.15) is 0 Å². The van der Waals surface area contributed by atoms with Gasteiger partial charge >= 0.3 is 0 Å². The summed E-state index contributed by atoms with van der Waals surface area (Å²) in [5.74, 6) is 0. The molecule has 0 heterocycles. The zero-order valence-electron chi connectivity index (χ0n) is 27.8. The Balaban J connectivity index is 1.02. The summed E-state index contributed by atoms with van der Waals surface area (Å²) in [6, 6.07) is 46.6. The Morgan fingerprint density at radius 3 is 1.32 bits per heavy atom. The number of hydrogen-bond acceptors (Lipinski definition) is 4. The molecule has 0 saturated heterocycles. The van der Waals surface area contributed by atoms with Crippen molar-refractivity contribution in [1.82, 2.24) is 15.1 Å². The highest BCUT2D eigenvalue weighted by Gasteiger charge is 2.10. The van der Waals surface area contributed by atoms with E-state index in [0.717, 1.165) is 71.7 Å². The fraction of sp³-hybridized carbons (Fsp3) is 0.302. The smallest absolute Gasteiger partial charge is 0.0233 e. The van der Waals surface area contributed by atoms with E-state index in [-0.39, 0.29) is 0 Å². The normalized spacial score (nSPS) is 11.8. The largest absolute Gasteiger partial charge is 0.330 e. The molecule has 6 aromatic carbocycles. The van der Waals surface area contributed by atoms with Gasteiger partial charge < -0.3 is 11.1 Å². The van der Waals surface area contributed by atoms with E-state index in [4.69, 9.17) is 5.73 Å². The quantitative estimate of drug-likeness (QED) is 0.0941. The van der Waals surface area contributed by atoms with Crippen molar-refractivity contribution in [3.63, 3.8) is 0 Å². The first-order chi connectivity index (χ1) is 23.2. The van der Waals surface area contributed by atoms with Crippen LogP contribution in [0.4, 0.5) is 0 Å². The first kappa shape index (κ1) is 32.9. The summed E-state index contributed by atoms with van der Waals surface area (Å²) in [7, 11) is 0. The van der Waals surface area contributed by atoms with Gasteiger partial charge in [-0.3, -0.25) is 9.80 Å². The molecule has 0 aliphatic heterocycles. The van der Waals surface area contributed by atoms with Crippen LogP contribution in [0.15, 0.2) is 127 Å². The van der Waals surface area contributed by atoms with Crippen LogP contribution < -0.4 is 11.1 Å². The van der Waals surface area contributed by atoms with Crippen LogP contribution in [0.2, 0.25) is 0 Å². The maximum absolute atomic E-state index is 5.93. The molecule has 0 unspecified atom stereocenters. The van der Waals surface area contributed by atoms with E-state index < -0.39 is 0 Å². The van der Waals surface area contributed by atoms with E-state index in [9.17, 15) is 0 Å². The minimum absolute atomic E-state index is 0.739. The molecule has 6 rings (SSSR count). The maximum Gasteiger partial charge on any atom is 0.0233 e. The van der Waals surface area contributed by atoms with Crippen LogP contribution in [0.1, 0.15) is 42.4 Å². The topological polar surface area (TPSA) is 44.5 Å². The van der Waals surface area contributed by atoms with E-state index in [2.05, 4.69) is 143 Å². The summed E-state index contributed by atoms with van der Waals surface area (Å²) >= 11 is 0. The first-order valence-corrected chi connectivity index (χ1v) is 17.5. The fourth-order valence-electron chi connectivity index (χ4n) is 6.73. The monoisotopic (exact) mass is 622 g/mol. The van der Waals surface area contributed by atoms with Crippen molar-refractivity contribution in [3.8, 4) is 0 Å². The lowest BCUT2D eigenvalue weighted by atomic mass is 10.1. The van der Waals surface area contributed by atoms with Gasteiger partial charge in [-0.25, -0.2) is 0 Å². The molecule has 0 aliphatic rings. The van der Waals surface area contributed by atoms with Gasteiger partial charge in [0.15, 0.2) is 0 Å². The SMILES string of the molecule is NCCCN(CCCCN(CCCNCc1ccc2ccccc2c1)Cc1ccc2ccccc2c1)Cc1ccc2ccccc2c1. The van der Waals surface area contributed by atoms with Crippen LogP contribution in [0.25, 0.3) is 32.3 Å². The summed E-state index contributed by atoms with van der Waals surface area (Å²) in [6.07, 6.45) is 4.54. The Bertz CT molecular complexity index is 1850. The minimum Gasteiger partial charge on any atom is -0.330 e. The van der Waals surface area contributed by atoms with Crippen LogP contribution in [0, 0.1) is 0 Å². The van der Waals surface area contributed by atoms with E-state index >= 15 is 0 Å². The van der Waals surface area contributed by atoms with E-state index in [1.807, 2.05) is 0 Å². The number of hydrogen-bond donors (Lipinski definition) is 2. The molecule has 4 nitrogen and oxygen atoms in total. The highest BCUT2D eigenvalue weighted by molar-refractivity contribution is 5.84. The van der Waals surface area contributed by atoms with Crippen molar-refractivity contribution in [2.24, 2.45) is 5.73 Å². The van der Waals surface area contributed by atoms with Crippen molar-refractivity contribution >= 4 is 32.3 Å². The minimum atomic E-state index is 0.739. The summed E-state index contributed by atoms with van der Waals surface area (Å²) in [5, 5.41) is 11.6. The van der Waals surface area contributed by atoms with E-state index in [0.29, 0.717) is 0 Å². The Kier molecular flexibility index (Phi) is 12.0. The number of unbranched alkanes of at least 4 members (excludes halogenated alkanes) is 1. The van der Waals surface area contributed by atoms with Crippen molar-refractivity contribution in [3.05, 3.63) is 144 Å². The fourth-order valence-corrected chi connectivity index (χ4v) is 6.73. The van der Waals surface area contributed by atoms with Gasteiger partial charge in [-0.15, -0.1) is 0 Å². The van der Waals surface area contributed by atoms with Gasteiger partial charge in [0.2, 0.25) is 0 Å². The molecule has 0 aliphatic carbocycles. The van der Waals surface area contributed by atoms with Gasteiger partial charge in [0, 0.05) is 19.6 Å². The lowest BCUT2D eigenvalue weighted by molar-refractivity contribution is 0.229. The highest BCUT2D eigenvalue weighted by Crippen LogP contribution is 2.20. The molecule has 0 atom stereocenters. The first-order valence-electron chi connectivity index (χ1n) is 17.5. The Labute approximate surface area is 281 Å². The second-order valence-corrected chi connectivity index (χ2v) is 13.0. The average molecular weight is 623 g/mol. The highest BCUT2D eigenvalue weighted by atomic mass is 15.1. The lowest BCUT2D eigenvalue weighted by Crippen LogP contribution is -2.30. The second-order valence-electron chi connectivity index (χ2n) is 13.0. The molecule has 0 spiro atoms. The summed E-state index contributed by atoms with van der Waals surface area (Å²) < 4.78 is 0. The second kappa shape index (κ2) is 17.2. The molecule has 242 valence electrons. The number of benzene rings is 6. The van der Waals surface area contributed by atoms with Crippen molar-refractivity contribution in [2.45, 2.75) is 45.3 Å². The molecule has 3 N–H and O–H groups in total. The zero-order chi connectivity index (χ0) is 32.1. The molecule has 0 amide bonds. The molecule has 0 saturated carbocycles. The molecule has 4 heteroatoms. The average Bonchev–Trinajstić information content (AvgIpc) is 3.11. The number of nitrogens with zero attached hydrogens (tertiary/aromatic N) is 2. The van der Waals surface area contributed by atoms with Crippen molar-refractivity contribution < 1.29 is 0 Å². The van der Waals surface area contributed by atoms with Crippen LogP contribution in [0.5, 0.6) is 0 Å². The van der Waals surface area contributed by atoms with Crippen LogP contribution in [-0.2, 0) is 19.6 Å². The number of nitrogens with two attached hydrogens (primary N) is 1. The van der Waals surface area contributed by atoms with Crippen LogP contribution >= 0.6 is 0 Å². The Morgan fingerprint density at radius 2 is 0.830 bits per heavy atom. The standard InChI is InChI=1S/C43H50N4/c44-23-9-27-46(33-36-18-21-39-12-2-5-15-42(39)30-36)25-7-8-26-47(34-37-19-22-40-13-3-6-16-43(40)31-37)28-10-24-45-32-35-17-20-38-11-1-4-14-41(38)29-35/h1-6,11-22,29-31,45H,7-10,23-28,32-34,44H2. The Hall–Kier alpha value is -4.06. The Morgan fingerprint density at radius 1 is 0.426 bits per heavy atom. The third kappa shape index (κ3) is 9.73. The predicted molar refractivity (Wildman–Crippen MR) is 202 cm³/mol. The van der Waals surface area contributed by atoms with E-state index in [1.54, 1.807) is 0 Å². The van der Waals surface area contributed by atoms with Crippen molar-refractivity contribution in [2.75, 3.05) is 39.3 Å². The zero-order valence-corrected chi connectivity index (χ0v) is 27.8. The molecule has 0 bridgehead atoms. The molecule has 6 aromatic rings. The summed E-state index contributed by atoms with van der Waals surface area (Å²) in [5.41, 5.74) is 10.1. The van der Waals surface area contributed by atoms with Gasteiger partial charge in [0.25, 0.3) is 0 Å². The molecule has 0 radical (unpaired) electrons. The van der Waals surface area contributed by atoms with Crippen LogP contribution in [-0.4, -0.2) is 49.1 Å². The van der Waals surface area contributed by atoms with Gasteiger partial charge in [0.05, 0.1) is 0 Å². The van der Waals surface area contributed by atoms with Gasteiger partial charge in [0.1, 0.15) is 0 Å². The third-order valence-electron chi connectivity index (χ3n) is 9.29. The predicted octanol–water partition coefficient (Wildman–Crippen LogP) is 8.76. The van der Waals surface area contributed by atoms with Gasteiger partial charge in [-0.1, -0.05) is 109 Å². The molecule has 0 aromatic heterocycles. The molecular formula is C43H50N4. The summed E-state index contributed by atoms with van der Waals surface area (Å²) in [6.45, 7) is 8.98. The maximum atomic E-state index is 5.93. The summed E-state index contributed by atoms with van der Waals surface area (Å²) in [4.78, 5) is 5.26.